The van der Waals surface area contributed by atoms with Crippen molar-refractivity contribution in [1.82, 2.24) is 0 Å². The summed E-state index contributed by atoms with van der Waals surface area (Å²) < 4.78 is 48.4. The van der Waals surface area contributed by atoms with Gasteiger partial charge < -0.3 is 44.6 Å². The second-order valence-electron chi connectivity index (χ2n) is 12.5. The molecule has 56 heavy (non-hydrogen) atoms. The molecular formula is C38H50O16P2. The van der Waals surface area contributed by atoms with E-state index in [2.05, 4.69) is 70.7 Å². The molecule has 308 valence electrons. The number of hydrogen-bond acceptors (Lipinski definition) is 13. The van der Waals surface area contributed by atoms with Gasteiger partial charge in [0, 0.05) is 12.3 Å². The van der Waals surface area contributed by atoms with Gasteiger partial charge in [0.1, 0.15) is 43.2 Å². The first-order valence-electron chi connectivity index (χ1n) is 18.1. The first-order valence-corrected chi connectivity index (χ1v) is 21.1. The number of aliphatic hydroxyl groups is 4. The zero-order valence-corrected chi connectivity index (χ0v) is 32.9. The van der Waals surface area contributed by atoms with Crippen LogP contribution < -0.4 is 0 Å². The number of esters is 2. The largest absolute Gasteiger partial charge is 0.472 e. The molecule has 7 N–H and O–H groups in total. The molecule has 0 saturated heterocycles. The summed E-state index contributed by atoms with van der Waals surface area (Å²) in [5, 5.41) is 40.9. The van der Waals surface area contributed by atoms with E-state index in [0.29, 0.717) is 6.42 Å². The molecule has 16 nitrogen and oxygen atoms in total. The molecule has 0 spiro atoms. The van der Waals surface area contributed by atoms with E-state index in [0.717, 1.165) is 32.1 Å². The number of hydrogen-bond donors (Lipinski definition) is 7. The zero-order chi connectivity index (χ0) is 41.8. The monoisotopic (exact) mass is 824 g/mol. The Kier molecular flexibility index (Phi) is 25.8. The number of phosphoric acid groups is 2. The molecule has 1 fully saturated rings. The van der Waals surface area contributed by atoms with Gasteiger partial charge in [-0.25, -0.2) is 13.9 Å². The zero-order valence-electron chi connectivity index (χ0n) is 31.1. The lowest BCUT2D eigenvalue weighted by atomic mass is 9.85. The van der Waals surface area contributed by atoms with Gasteiger partial charge in [0.2, 0.25) is 0 Å². The highest BCUT2D eigenvalue weighted by atomic mass is 31.2. The molecule has 1 saturated carbocycles. The SMILES string of the molecule is C#CC#CC#CC#CC#CC#CC(=O)OC[C@@H](COP(=O)(O)OC1C(O)[C@H](O)[C@@H](O)C(OP(=O)(O)O)[C@@H]1O)OC(=O)CCCCCCCCCCCCCCC. The topological polar surface area (TPSA) is 256 Å². The molecule has 1 aliphatic rings. The molecule has 0 bridgehead atoms. The molecule has 0 radical (unpaired) electrons. The average Bonchev–Trinajstić information content (AvgIpc) is 3.14. The van der Waals surface area contributed by atoms with Crippen molar-refractivity contribution in [2.24, 2.45) is 0 Å². The first kappa shape index (κ1) is 50.4. The van der Waals surface area contributed by atoms with Gasteiger partial charge in [0.15, 0.2) is 6.10 Å². The molecule has 0 amide bonds. The lowest BCUT2D eigenvalue weighted by molar-refractivity contribution is -0.216. The van der Waals surface area contributed by atoms with Gasteiger partial charge in [-0.05, 0) is 65.6 Å². The van der Waals surface area contributed by atoms with Crippen LogP contribution in [-0.4, -0.2) is 103 Å². The lowest BCUT2D eigenvalue weighted by Crippen LogP contribution is -2.64. The van der Waals surface area contributed by atoms with Gasteiger partial charge in [0.05, 0.1) is 6.61 Å². The third kappa shape index (κ3) is 23.4. The molecule has 0 aromatic rings. The van der Waals surface area contributed by atoms with Crippen LogP contribution in [-0.2, 0) is 41.8 Å². The minimum absolute atomic E-state index is 0.0333. The van der Waals surface area contributed by atoms with Crippen LogP contribution in [0.5, 0.6) is 0 Å². The molecular weight excluding hydrogens is 774 g/mol. The molecule has 1 aliphatic carbocycles. The van der Waals surface area contributed by atoms with Gasteiger partial charge in [-0.15, -0.1) is 6.42 Å². The summed E-state index contributed by atoms with van der Waals surface area (Å²) in [6, 6.07) is 0. The second-order valence-corrected chi connectivity index (χ2v) is 15.1. The predicted octanol–water partition coefficient (Wildman–Crippen LogP) is 2.01. The van der Waals surface area contributed by atoms with Gasteiger partial charge in [-0.1, -0.05) is 84.0 Å². The number of carbonyl (C=O) groups excluding carboxylic acids is 2. The maximum atomic E-state index is 12.8. The standard InChI is InChI=1S/C38H50O16P2/c1-3-5-7-9-11-13-15-16-17-19-21-23-25-27-32(40)52-30(28-50-31(39)26-24-22-20-18-14-12-10-8-6-4-2)29-51-56(48,49)54-38-35(43)33(41)34(42)37(36(38)44)53-55(45,46)47/h2,30,33-38,41-44H,3,5,7,9,11,13,15-17,19,21,23,25,27-29H2,1H3,(H,48,49)(H2,45,46,47)/t30-,33+,34+,35?,36-,37?,38?/m0/s1. The van der Waals surface area contributed by atoms with Crippen LogP contribution in [0.25, 0.3) is 0 Å². The first-order chi connectivity index (χ1) is 26.6. The minimum atomic E-state index is -5.39. The summed E-state index contributed by atoms with van der Waals surface area (Å²) in [6.45, 7) is 0.517. The van der Waals surface area contributed by atoms with Gasteiger partial charge in [-0.3, -0.25) is 18.4 Å². The molecule has 0 aliphatic heterocycles. The van der Waals surface area contributed by atoms with E-state index in [-0.39, 0.29) is 6.42 Å². The van der Waals surface area contributed by atoms with Crippen molar-refractivity contribution < 1.29 is 76.9 Å². The fourth-order valence-corrected chi connectivity index (χ4v) is 6.68. The van der Waals surface area contributed by atoms with E-state index in [1.54, 1.807) is 0 Å². The fraction of sp³-hybridized carbons (Fsp3) is 0.632. The molecule has 0 aromatic carbocycles. The third-order valence-electron chi connectivity index (χ3n) is 7.90. The summed E-state index contributed by atoms with van der Waals surface area (Å²) in [7, 11) is -10.8. The van der Waals surface area contributed by atoms with E-state index < -0.39 is 83.5 Å². The summed E-state index contributed by atoms with van der Waals surface area (Å²) in [5.41, 5.74) is 0. The Morgan fingerprint density at radius 1 is 0.625 bits per heavy atom. The van der Waals surface area contributed by atoms with Crippen molar-refractivity contribution in [2.75, 3.05) is 13.2 Å². The summed E-state index contributed by atoms with van der Waals surface area (Å²) in [6.07, 6.45) is 3.86. The number of ether oxygens (including phenoxy) is 2. The number of carbonyl (C=O) groups is 2. The van der Waals surface area contributed by atoms with Crippen molar-refractivity contribution in [3.8, 4) is 71.5 Å². The molecule has 0 heterocycles. The highest BCUT2D eigenvalue weighted by molar-refractivity contribution is 7.47. The predicted molar refractivity (Wildman–Crippen MR) is 200 cm³/mol. The summed E-state index contributed by atoms with van der Waals surface area (Å²) >= 11 is 0. The Morgan fingerprint density at radius 3 is 1.59 bits per heavy atom. The molecule has 0 aromatic heterocycles. The number of terminal acetylenes is 1. The van der Waals surface area contributed by atoms with E-state index in [9.17, 15) is 44.0 Å². The van der Waals surface area contributed by atoms with Crippen LogP contribution in [0.15, 0.2) is 0 Å². The number of unbranched alkanes of at least 4 members (excludes halogenated alkanes) is 12. The Morgan fingerprint density at radius 2 is 1.09 bits per heavy atom. The van der Waals surface area contributed by atoms with Crippen molar-refractivity contribution >= 4 is 27.6 Å². The van der Waals surface area contributed by atoms with E-state index in [4.69, 9.17) is 34.7 Å². The quantitative estimate of drug-likeness (QED) is 0.0242. The Labute approximate surface area is 328 Å². The number of phosphoric ester groups is 2. The third-order valence-corrected chi connectivity index (χ3v) is 9.41. The Bertz CT molecular complexity index is 1690. The van der Waals surface area contributed by atoms with Gasteiger partial charge in [-0.2, -0.15) is 0 Å². The van der Waals surface area contributed by atoms with Crippen LogP contribution in [0, 0.1) is 71.5 Å². The normalized spacial score (nSPS) is 21.5. The highest BCUT2D eigenvalue weighted by Gasteiger charge is 2.54. The van der Waals surface area contributed by atoms with Crippen molar-refractivity contribution in [3.05, 3.63) is 0 Å². The average molecular weight is 825 g/mol. The maximum absolute atomic E-state index is 12.8. The maximum Gasteiger partial charge on any atom is 0.472 e. The van der Waals surface area contributed by atoms with Crippen molar-refractivity contribution in [1.29, 1.82) is 0 Å². The van der Waals surface area contributed by atoms with E-state index >= 15 is 0 Å². The second kappa shape index (κ2) is 28.7. The van der Waals surface area contributed by atoms with E-state index in [1.165, 1.54) is 44.9 Å². The van der Waals surface area contributed by atoms with Crippen molar-refractivity contribution in [3.63, 3.8) is 0 Å². The van der Waals surface area contributed by atoms with Crippen LogP contribution >= 0.6 is 15.6 Å². The molecule has 18 heteroatoms. The minimum Gasteiger partial charge on any atom is -0.456 e. The van der Waals surface area contributed by atoms with Crippen LogP contribution in [0.4, 0.5) is 0 Å². The molecule has 1 rings (SSSR count). The van der Waals surface area contributed by atoms with Gasteiger partial charge >= 0.3 is 27.6 Å². The van der Waals surface area contributed by atoms with Crippen molar-refractivity contribution in [2.45, 2.75) is 140 Å². The smallest absolute Gasteiger partial charge is 0.456 e. The Balaban J connectivity index is 2.82. The van der Waals surface area contributed by atoms with Crippen LogP contribution in [0.2, 0.25) is 0 Å². The van der Waals surface area contributed by atoms with Gasteiger partial charge in [0.25, 0.3) is 0 Å². The molecule has 4 unspecified atom stereocenters. The highest BCUT2D eigenvalue weighted by Crippen LogP contribution is 2.49. The molecule has 8 atom stereocenters. The summed E-state index contributed by atoms with van der Waals surface area (Å²) in [4.78, 5) is 53.4. The Hall–Kier alpha value is -3.64. The van der Waals surface area contributed by atoms with E-state index in [1.807, 2.05) is 5.92 Å². The fourth-order valence-electron chi connectivity index (χ4n) is 5.14. The van der Waals surface area contributed by atoms with Crippen LogP contribution in [0.3, 0.4) is 0 Å². The summed E-state index contributed by atoms with van der Waals surface area (Å²) in [5.74, 6) is 23.0. The lowest BCUT2D eigenvalue weighted by Gasteiger charge is -2.43. The number of aliphatic hydroxyl groups excluding tert-OH is 4. The number of rotatable bonds is 24. The van der Waals surface area contributed by atoms with Crippen LogP contribution in [0.1, 0.15) is 96.8 Å².